The highest BCUT2D eigenvalue weighted by atomic mass is 35.5. The number of carbonyl (C=O) groups is 1. The second kappa shape index (κ2) is 12.3. The van der Waals surface area contributed by atoms with Crippen molar-refractivity contribution in [3.63, 3.8) is 0 Å². The quantitative estimate of drug-likeness (QED) is 0.233. The van der Waals surface area contributed by atoms with Crippen LogP contribution in [-0.2, 0) is 21.7 Å². The van der Waals surface area contributed by atoms with Gasteiger partial charge in [-0.2, -0.15) is 5.26 Å². The number of ether oxygens (including phenoxy) is 1. The highest BCUT2D eigenvalue weighted by Crippen LogP contribution is 2.38. The van der Waals surface area contributed by atoms with E-state index in [1.165, 1.54) is 4.88 Å². The molecule has 2 heterocycles. The number of piperidine rings is 1. The van der Waals surface area contributed by atoms with Crippen LogP contribution < -0.4 is 5.32 Å². The molecule has 1 amide bonds. The van der Waals surface area contributed by atoms with Gasteiger partial charge in [-0.05, 0) is 71.3 Å². The summed E-state index contributed by atoms with van der Waals surface area (Å²) in [6.07, 6.45) is 1.52. The molecule has 4 aromatic rings. The van der Waals surface area contributed by atoms with Crippen LogP contribution in [0.3, 0.4) is 0 Å². The Hall–Kier alpha value is -3.18. The van der Waals surface area contributed by atoms with Gasteiger partial charge in [0.05, 0.1) is 17.2 Å². The zero-order valence-corrected chi connectivity index (χ0v) is 23.5. The molecule has 1 saturated heterocycles. The van der Waals surface area contributed by atoms with Crippen molar-refractivity contribution in [2.24, 2.45) is 0 Å². The topological polar surface area (TPSA) is 65.4 Å². The van der Waals surface area contributed by atoms with Gasteiger partial charge in [0, 0.05) is 40.2 Å². The number of carbonyl (C=O) groups excluding carboxylic acids is 1. The fraction of sp³-hybridized carbons (Fsp3) is 0.226. The smallest absolute Gasteiger partial charge is 0.250 e. The summed E-state index contributed by atoms with van der Waals surface area (Å²) >= 11 is 13.9. The number of benzene rings is 3. The number of nitrogens with zero attached hydrogens (tertiary/aromatic N) is 2. The Bertz CT molecular complexity index is 1450. The van der Waals surface area contributed by atoms with E-state index in [1.54, 1.807) is 35.6 Å². The number of amides is 1. The Morgan fingerprint density at radius 2 is 1.72 bits per heavy atom. The first kappa shape index (κ1) is 27.4. The van der Waals surface area contributed by atoms with Crippen LogP contribution in [0.5, 0.6) is 0 Å². The fourth-order valence-corrected chi connectivity index (χ4v) is 6.25. The normalized spacial score (nSPS) is 15.0. The monoisotopic (exact) mass is 575 g/mol. The molecule has 8 heteroatoms. The Labute approximate surface area is 242 Å². The molecule has 39 heavy (non-hydrogen) atoms. The standard InChI is InChI=1S/C31H27Cl2N3O2S/c32-26-16-27(33)18-28(17-26)35-30(37)21-38-31(10-12-36(13-11-31)20-29-5-2-14-39-29)25-8-6-23(7-9-25)24-4-1-3-22(15-24)19-34/h1-9,14-18H,10-13,20-21H2,(H,35,37). The van der Waals surface area contributed by atoms with Crippen LogP contribution >= 0.6 is 34.5 Å². The van der Waals surface area contributed by atoms with Crippen LogP contribution in [0.1, 0.15) is 28.8 Å². The first-order valence-electron chi connectivity index (χ1n) is 12.7. The molecule has 0 unspecified atom stereocenters. The van der Waals surface area contributed by atoms with E-state index >= 15 is 0 Å². The molecule has 198 valence electrons. The van der Waals surface area contributed by atoms with Gasteiger partial charge < -0.3 is 10.1 Å². The van der Waals surface area contributed by atoms with Gasteiger partial charge in [0.2, 0.25) is 5.91 Å². The number of rotatable bonds is 8. The lowest BCUT2D eigenvalue weighted by molar-refractivity contribution is -0.135. The number of nitriles is 1. The Balaban J connectivity index is 1.33. The van der Waals surface area contributed by atoms with E-state index in [9.17, 15) is 10.1 Å². The summed E-state index contributed by atoms with van der Waals surface area (Å²) in [7, 11) is 0. The fourth-order valence-electron chi connectivity index (χ4n) is 4.97. The predicted octanol–water partition coefficient (Wildman–Crippen LogP) is 7.74. The third-order valence-corrected chi connectivity index (χ3v) is 8.28. The molecule has 0 aliphatic carbocycles. The van der Waals surface area contributed by atoms with E-state index < -0.39 is 5.60 Å². The minimum absolute atomic E-state index is 0.0962. The Kier molecular flexibility index (Phi) is 8.66. The van der Waals surface area contributed by atoms with Gasteiger partial charge in [0.25, 0.3) is 0 Å². The third-order valence-electron chi connectivity index (χ3n) is 6.99. The van der Waals surface area contributed by atoms with Crippen molar-refractivity contribution in [1.29, 1.82) is 5.26 Å². The van der Waals surface area contributed by atoms with E-state index in [1.807, 2.05) is 18.2 Å². The summed E-state index contributed by atoms with van der Waals surface area (Å²) in [6.45, 7) is 2.53. The van der Waals surface area contributed by atoms with E-state index in [0.29, 0.717) is 21.3 Å². The molecule has 0 spiro atoms. The molecule has 1 aliphatic heterocycles. The van der Waals surface area contributed by atoms with Gasteiger partial charge in [-0.25, -0.2) is 0 Å². The van der Waals surface area contributed by atoms with Crippen molar-refractivity contribution in [3.8, 4) is 17.2 Å². The molecule has 0 saturated carbocycles. The molecular weight excluding hydrogens is 549 g/mol. The van der Waals surface area contributed by atoms with Gasteiger partial charge in [-0.15, -0.1) is 11.3 Å². The Morgan fingerprint density at radius 3 is 2.38 bits per heavy atom. The molecular formula is C31H27Cl2N3O2S. The maximum Gasteiger partial charge on any atom is 0.250 e. The number of anilines is 1. The molecule has 3 aromatic carbocycles. The summed E-state index contributed by atoms with van der Waals surface area (Å²) in [5.74, 6) is -0.265. The van der Waals surface area contributed by atoms with Crippen LogP contribution in [0.4, 0.5) is 5.69 Å². The second-order valence-corrected chi connectivity index (χ2v) is 11.5. The van der Waals surface area contributed by atoms with Crippen LogP contribution in [-0.4, -0.2) is 30.5 Å². The first-order chi connectivity index (χ1) is 18.9. The van der Waals surface area contributed by atoms with Crippen LogP contribution in [0, 0.1) is 11.3 Å². The maximum atomic E-state index is 12.9. The molecule has 1 aromatic heterocycles. The lowest BCUT2D eigenvalue weighted by Crippen LogP contribution is -2.45. The zero-order valence-electron chi connectivity index (χ0n) is 21.2. The SMILES string of the molecule is N#Cc1cccc(-c2ccc(C3(OCC(=O)Nc4cc(Cl)cc(Cl)c4)CCN(Cc4cccs4)CC3)cc2)c1. The zero-order chi connectivity index (χ0) is 27.2. The average Bonchev–Trinajstić information content (AvgIpc) is 3.45. The number of likely N-dealkylation sites (tertiary alicyclic amines) is 1. The summed E-state index contributed by atoms with van der Waals surface area (Å²) < 4.78 is 6.47. The molecule has 0 bridgehead atoms. The highest BCUT2D eigenvalue weighted by molar-refractivity contribution is 7.09. The van der Waals surface area contributed by atoms with Crippen LogP contribution in [0.2, 0.25) is 10.0 Å². The second-order valence-electron chi connectivity index (χ2n) is 9.61. The number of thiophene rings is 1. The lowest BCUT2D eigenvalue weighted by atomic mass is 9.83. The number of nitrogens with one attached hydrogen (secondary N) is 1. The van der Waals surface area contributed by atoms with Crippen molar-refractivity contribution in [1.82, 2.24) is 4.90 Å². The van der Waals surface area contributed by atoms with Gasteiger partial charge in [-0.1, -0.05) is 65.7 Å². The largest absolute Gasteiger partial charge is 0.360 e. The van der Waals surface area contributed by atoms with Crippen molar-refractivity contribution in [3.05, 3.63) is 110 Å². The van der Waals surface area contributed by atoms with E-state index in [-0.39, 0.29) is 12.5 Å². The minimum atomic E-state index is -0.595. The summed E-state index contributed by atoms with van der Waals surface area (Å²) in [6, 6.07) is 27.2. The van der Waals surface area contributed by atoms with Gasteiger partial charge in [-0.3, -0.25) is 9.69 Å². The van der Waals surface area contributed by atoms with E-state index in [2.05, 4.69) is 58.1 Å². The number of hydrogen-bond acceptors (Lipinski definition) is 5. The van der Waals surface area contributed by atoms with Crippen molar-refractivity contribution < 1.29 is 9.53 Å². The average molecular weight is 577 g/mol. The van der Waals surface area contributed by atoms with Crippen LogP contribution in [0.25, 0.3) is 11.1 Å². The number of halogens is 2. The minimum Gasteiger partial charge on any atom is -0.360 e. The Morgan fingerprint density at radius 1 is 0.974 bits per heavy atom. The first-order valence-corrected chi connectivity index (χ1v) is 14.3. The molecule has 5 nitrogen and oxygen atoms in total. The highest BCUT2D eigenvalue weighted by Gasteiger charge is 2.38. The van der Waals surface area contributed by atoms with Crippen LogP contribution in [0.15, 0.2) is 84.2 Å². The molecule has 1 N–H and O–H groups in total. The maximum absolute atomic E-state index is 12.9. The molecule has 0 radical (unpaired) electrons. The molecule has 1 fully saturated rings. The third kappa shape index (κ3) is 6.88. The lowest BCUT2D eigenvalue weighted by Gasteiger charge is -2.42. The van der Waals surface area contributed by atoms with E-state index in [0.717, 1.165) is 49.2 Å². The van der Waals surface area contributed by atoms with Crippen molar-refractivity contribution >= 4 is 46.1 Å². The van der Waals surface area contributed by atoms with Gasteiger partial charge in [0.1, 0.15) is 6.61 Å². The predicted molar refractivity (Wildman–Crippen MR) is 158 cm³/mol. The van der Waals surface area contributed by atoms with Gasteiger partial charge >= 0.3 is 0 Å². The summed E-state index contributed by atoms with van der Waals surface area (Å²) in [5.41, 5.74) is 3.61. The summed E-state index contributed by atoms with van der Waals surface area (Å²) in [4.78, 5) is 16.6. The molecule has 1 aliphatic rings. The molecule has 5 rings (SSSR count). The molecule has 0 atom stereocenters. The van der Waals surface area contributed by atoms with Crippen molar-refractivity contribution in [2.45, 2.75) is 25.0 Å². The van der Waals surface area contributed by atoms with Gasteiger partial charge in [0.15, 0.2) is 0 Å². The van der Waals surface area contributed by atoms with Crippen molar-refractivity contribution in [2.75, 3.05) is 25.0 Å². The summed E-state index contributed by atoms with van der Waals surface area (Å²) in [5, 5.41) is 15.1. The van der Waals surface area contributed by atoms with E-state index in [4.69, 9.17) is 27.9 Å². The number of hydrogen-bond donors (Lipinski definition) is 1.